The summed E-state index contributed by atoms with van der Waals surface area (Å²) >= 11 is 0. The molecule has 0 spiro atoms. The molecule has 10 rings (SSSR count). The predicted octanol–water partition coefficient (Wildman–Crippen LogP) is 14.4. The van der Waals surface area contributed by atoms with Gasteiger partial charge in [0, 0.05) is 27.6 Å². The van der Waals surface area contributed by atoms with E-state index in [1.807, 2.05) is 0 Å². The molecule has 2 nitrogen and oxygen atoms in total. The molecule has 1 aromatic heterocycles. The lowest BCUT2D eigenvalue weighted by molar-refractivity contribution is 0.669. The Morgan fingerprint density at radius 3 is 1.62 bits per heavy atom. The third-order valence-corrected chi connectivity index (χ3v) is 10.2. The maximum atomic E-state index is 6.40. The lowest BCUT2D eigenvalue weighted by Crippen LogP contribution is -2.12. The number of para-hydroxylation sites is 2. The minimum Gasteiger partial charge on any atom is -0.456 e. The van der Waals surface area contributed by atoms with Crippen LogP contribution in [0.3, 0.4) is 0 Å². The molecule has 0 aliphatic rings. The number of hydrogen-bond acceptors (Lipinski definition) is 2. The van der Waals surface area contributed by atoms with Crippen LogP contribution < -0.4 is 4.90 Å². The summed E-state index contributed by atoms with van der Waals surface area (Å²) < 4.78 is 6.40. The highest BCUT2D eigenvalue weighted by Gasteiger charge is 2.21. The lowest BCUT2D eigenvalue weighted by atomic mass is 9.96. The maximum Gasteiger partial charge on any atom is 0.136 e. The Bertz CT molecular complexity index is 2900. The van der Waals surface area contributed by atoms with Crippen LogP contribution in [0.5, 0.6) is 0 Å². The molecule has 2 heteroatoms. The van der Waals surface area contributed by atoms with Crippen LogP contribution in [0, 0.1) is 0 Å². The average Bonchev–Trinajstić information content (AvgIpc) is 3.57. The van der Waals surface area contributed by atoms with Gasteiger partial charge in [0.2, 0.25) is 0 Å². The summed E-state index contributed by atoms with van der Waals surface area (Å²) in [5, 5.41) is 7.13. The molecule has 0 amide bonds. The van der Waals surface area contributed by atoms with Gasteiger partial charge in [-0.05, 0) is 92.3 Å². The van der Waals surface area contributed by atoms with E-state index in [1.165, 1.54) is 43.8 Å². The third-order valence-electron chi connectivity index (χ3n) is 10.2. The van der Waals surface area contributed by atoms with E-state index in [-0.39, 0.29) is 0 Å². The van der Waals surface area contributed by atoms with Crippen molar-refractivity contribution in [2.75, 3.05) is 4.90 Å². The molecule has 0 unspecified atom stereocenters. The van der Waals surface area contributed by atoms with Gasteiger partial charge in [0.05, 0.1) is 11.4 Å². The van der Waals surface area contributed by atoms with E-state index in [9.17, 15) is 0 Å². The molecule has 1 heterocycles. The van der Waals surface area contributed by atoms with Crippen LogP contribution in [-0.4, -0.2) is 0 Å². The van der Waals surface area contributed by atoms with E-state index in [0.717, 1.165) is 50.1 Å². The van der Waals surface area contributed by atoms with Crippen LogP contribution in [0.2, 0.25) is 0 Å². The zero-order valence-corrected chi connectivity index (χ0v) is 28.4. The van der Waals surface area contributed by atoms with Gasteiger partial charge in [-0.3, -0.25) is 0 Å². The Balaban J connectivity index is 1.16. The molecular weight excluding hydrogens is 631 g/mol. The van der Waals surface area contributed by atoms with Gasteiger partial charge in [0.25, 0.3) is 0 Å². The Hall–Kier alpha value is -6.90. The zero-order valence-electron chi connectivity index (χ0n) is 28.4. The quantitative estimate of drug-likeness (QED) is 0.176. The fourth-order valence-corrected chi connectivity index (χ4v) is 7.75. The van der Waals surface area contributed by atoms with E-state index in [2.05, 4.69) is 205 Å². The number of fused-ring (bicyclic) bond motifs is 5. The van der Waals surface area contributed by atoms with E-state index in [4.69, 9.17) is 4.42 Å². The van der Waals surface area contributed by atoms with Gasteiger partial charge in [-0.15, -0.1) is 0 Å². The fraction of sp³-hybridized carbons (Fsp3) is 0. The molecular formula is C50H33NO. The highest BCUT2D eigenvalue weighted by molar-refractivity contribution is 6.11. The second kappa shape index (κ2) is 12.5. The van der Waals surface area contributed by atoms with Crippen molar-refractivity contribution in [1.82, 2.24) is 0 Å². The smallest absolute Gasteiger partial charge is 0.136 e. The zero-order chi connectivity index (χ0) is 34.4. The molecule has 0 aliphatic heterocycles. The molecule has 9 aromatic carbocycles. The molecule has 10 aromatic rings. The first-order chi connectivity index (χ1) is 25.8. The second-order valence-corrected chi connectivity index (χ2v) is 13.3. The van der Waals surface area contributed by atoms with E-state index >= 15 is 0 Å². The number of nitrogens with zero attached hydrogens (tertiary/aromatic N) is 1. The summed E-state index contributed by atoms with van der Waals surface area (Å²) in [7, 11) is 0. The monoisotopic (exact) mass is 663 g/mol. The van der Waals surface area contributed by atoms with Crippen molar-refractivity contribution in [1.29, 1.82) is 0 Å². The van der Waals surface area contributed by atoms with Gasteiger partial charge < -0.3 is 9.32 Å². The highest BCUT2D eigenvalue weighted by Crippen LogP contribution is 2.46. The van der Waals surface area contributed by atoms with Crippen molar-refractivity contribution in [3.05, 3.63) is 200 Å². The van der Waals surface area contributed by atoms with Gasteiger partial charge in [0.15, 0.2) is 0 Å². The molecule has 0 saturated heterocycles. The summed E-state index contributed by atoms with van der Waals surface area (Å²) in [6.45, 7) is 0. The average molecular weight is 664 g/mol. The van der Waals surface area contributed by atoms with Crippen LogP contribution >= 0.6 is 0 Å². The Labute approximate surface area is 302 Å². The number of anilines is 3. The largest absolute Gasteiger partial charge is 0.456 e. The molecule has 244 valence electrons. The summed E-state index contributed by atoms with van der Waals surface area (Å²) in [5.74, 6) is 0. The maximum absolute atomic E-state index is 6.40. The van der Waals surface area contributed by atoms with Crippen LogP contribution in [0.1, 0.15) is 0 Å². The SMILES string of the molecule is c1ccc(-c2ccccc2N(c2ccc(-c3cccc4ccccc34)cc2)c2ccccc2-c2ccc3oc4cc5ccccc5cc4c3c2)cc1. The molecule has 52 heavy (non-hydrogen) atoms. The van der Waals surface area contributed by atoms with Crippen molar-refractivity contribution in [3.63, 3.8) is 0 Å². The van der Waals surface area contributed by atoms with Crippen molar-refractivity contribution in [3.8, 4) is 33.4 Å². The summed E-state index contributed by atoms with van der Waals surface area (Å²) in [6.07, 6.45) is 0. The minimum atomic E-state index is 0.891. The molecule has 0 bridgehead atoms. The second-order valence-electron chi connectivity index (χ2n) is 13.3. The number of furan rings is 1. The number of rotatable bonds is 6. The summed E-state index contributed by atoms with van der Waals surface area (Å²) in [5.41, 5.74) is 12.1. The fourth-order valence-electron chi connectivity index (χ4n) is 7.75. The molecule has 0 aliphatic carbocycles. The van der Waals surface area contributed by atoms with Crippen molar-refractivity contribution >= 4 is 60.5 Å². The van der Waals surface area contributed by atoms with Crippen molar-refractivity contribution < 1.29 is 4.42 Å². The normalized spacial score (nSPS) is 11.5. The van der Waals surface area contributed by atoms with Gasteiger partial charge in [0.1, 0.15) is 11.2 Å². The van der Waals surface area contributed by atoms with Crippen molar-refractivity contribution in [2.45, 2.75) is 0 Å². The highest BCUT2D eigenvalue weighted by atomic mass is 16.3. The first-order valence-corrected chi connectivity index (χ1v) is 17.8. The Kier molecular flexibility index (Phi) is 7.18. The van der Waals surface area contributed by atoms with Crippen LogP contribution in [0.25, 0.3) is 76.9 Å². The topological polar surface area (TPSA) is 16.4 Å². The number of hydrogen-bond donors (Lipinski definition) is 0. The summed E-state index contributed by atoms with van der Waals surface area (Å²) in [6, 6.07) is 71.8. The van der Waals surface area contributed by atoms with Crippen LogP contribution in [0.15, 0.2) is 205 Å². The standard InChI is InChI=1S/C50H33NO/c1-2-13-35(14-3-1)43-20-8-10-23-47(43)51(40-28-25-36(26-29-40)42-22-12-18-34-15-6-7-19-41(34)42)48-24-11-9-21-44(48)39-27-30-49-45(32-39)46-31-37-16-4-5-17-38(37)33-50(46)52-49/h1-33H. The van der Waals surface area contributed by atoms with Crippen molar-refractivity contribution in [2.24, 2.45) is 0 Å². The van der Waals surface area contributed by atoms with E-state index in [1.54, 1.807) is 0 Å². The van der Waals surface area contributed by atoms with Gasteiger partial charge in [-0.1, -0.05) is 152 Å². The molecule has 0 atom stereocenters. The predicted molar refractivity (Wildman–Crippen MR) is 220 cm³/mol. The minimum absolute atomic E-state index is 0.891. The van der Waals surface area contributed by atoms with Gasteiger partial charge in [-0.25, -0.2) is 0 Å². The van der Waals surface area contributed by atoms with Crippen LogP contribution in [-0.2, 0) is 0 Å². The lowest BCUT2D eigenvalue weighted by Gasteiger charge is -2.30. The third kappa shape index (κ3) is 5.12. The van der Waals surface area contributed by atoms with E-state index in [0.29, 0.717) is 0 Å². The molecule has 0 radical (unpaired) electrons. The Morgan fingerprint density at radius 2 is 0.846 bits per heavy atom. The molecule has 0 saturated carbocycles. The Morgan fingerprint density at radius 1 is 0.308 bits per heavy atom. The molecule has 0 fully saturated rings. The number of benzene rings is 9. The molecule has 0 N–H and O–H groups in total. The summed E-state index contributed by atoms with van der Waals surface area (Å²) in [4.78, 5) is 2.41. The van der Waals surface area contributed by atoms with Gasteiger partial charge in [-0.2, -0.15) is 0 Å². The van der Waals surface area contributed by atoms with Gasteiger partial charge >= 0.3 is 0 Å². The first-order valence-electron chi connectivity index (χ1n) is 17.8. The van der Waals surface area contributed by atoms with Crippen LogP contribution in [0.4, 0.5) is 17.1 Å². The van der Waals surface area contributed by atoms with E-state index < -0.39 is 0 Å². The first kappa shape index (κ1) is 30.0.